The van der Waals surface area contributed by atoms with Gasteiger partial charge in [-0.15, -0.1) is 0 Å². The zero-order valence-corrected chi connectivity index (χ0v) is 9.57. The molecule has 1 amide bonds. The van der Waals surface area contributed by atoms with Crippen molar-refractivity contribution in [2.75, 3.05) is 6.54 Å². The van der Waals surface area contributed by atoms with Crippen molar-refractivity contribution in [3.05, 3.63) is 0 Å². The van der Waals surface area contributed by atoms with Crippen LogP contribution >= 0.6 is 0 Å². The second-order valence-electron chi connectivity index (χ2n) is 4.90. The van der Waals surface area contributed by atoms with Crippen LogP contribution in [0.4, 0.5) is 0 Å². The molecule has 16 heavy (non-hydrogen) atoms. The largest absolute Gasteiger partial charge is 0.479 e. The highest BCUT2D eigenvalue weighted by molar-refractivity contribution is 5.87. The first-order valence-corrected chi connectivity index (χ1v) is 6.21. The molecule has 1 N–H and O–H groups in total. The van der Waals surface area contributed by atoms with Crippen LogP contribution in [0.3, 0.4) is 0 Å². The average Bonchev–Trinajstić information content (AvgIpc) is 2.30. The molecular weight excluding hydrogens is 206 g/mol. The van der Waals surface area contributed by atoms with Gasteiger partial charge in [0.1, 0.15) is 5.54 Å². The number of rotatable bonds is 2. The van der Waals surface area contributed by atoms with E-state index in [1.54, 1.807) is 4.90 Å². The van der Waals surface area contributed by atoms with E-state index in [0.717, 1.165) is 32.1 Å². The van der Waals surface area contributed by atoms with E-state index in [-0.39, 0.29) is 5.91 Å². The third-order valence-corrected chi connectivity index (χ3v) is 3.92. The number of aliphatic carboxylic acids is 1. The van der Waals surface area contributed by atoms with Crippen molar-refractivity contribution >= 4 is 11.9 Å². The zero-order chi connectivity index (χ0) is 11.6. The molecule has 4 heteroatoms. The van der Waals surface area contributed by atoms with Crippen LogP contribution in [0.15, 0.2) is 0 Å². The maximum Gasteiger partial charge on any atom is 0.329 e. The second kappa shape index (κ2) is 4.44. The lowest BCUT2D eigenvalue weighted by Crippen LogP contribution is -2.59. The van der Waals surface area contributed by atoms with Gasteiger partial charge in [0.05, 0.1) is 0 Å². The Morgan fingerprint density at radius 1 is 1.12 bits per heavy atom. The van der Waals surface area contributed by atoms with Gasteiger partial charge in [0, 0.05) is 13.0 Å². The molecule has 0 unspecified atom stereocenters. The highest BCUT2D eigenvalue weighted by atomic mass is 16.4. The first kappa shape index (κ1) is 11.4. The van der Waals surface area contributed by atoms with Gasteiger partial charge < -0.3 is 10.0 Å². The van der Waals surface area contributed by atoms with E-state index >= 15 is 0 Å². The number of hydrogen-bond acceptors (Lipinski definition) is 2. The molecule has 0 aromatic rings. The molecule has 4 nitrogen and oxygen atoms in total. The minimum atomic E-state index is -0.879. The van der Waals surface area contributed by atoms with Crippen LogP contribution in [-0.2, 0) is 9.59 Å². The maximum absolute atomic E-state index is 11.9. The highest BCUT2D eigenvalue weighted by Gasteiger charge is 2.47. The van der Waals surface area contributed by atoms with Crippen LogP contribution in [0, 0.1) is 0 Å². The molecule has 1 saturated carbocycles. The summed E-state index contributed by atoms with van der Waals surface area (Å²) in [6.45, 7) is 0.630. The quantitative estimate of drug-likeness (QED) is 0.779. The van der Waals surface area contributed by atoms with Crippen LogP contribution in [-0.4, -0.2) is 34.0 Å². The topological polar surface area (TPSA) is 57.6 Å². The van der Waals surface area contributed by atoms with Crippen LogP contribution in [0.2, 0.25) is 0 Å². The molecule has 0 aromatic heterocycles. The van der Waals surface area contributed by atoms with Gasteiger partial charge in [-0.2, -0.15) is 0 Å². The number of carbonyl (C=O) groups is 2. The summed E-state index contributed by atoms with van der Waals surface area (Å²) in [6.07, 6.45) is 6.59. The molecule has 0 spiro atoms. The second-order valence-corrected chi connectivity index (χ2v) is 4.90. The van der Waals surface area contributed by atoms with E-state index in [9.17, 15) is 14.7 Å². The SMILES string of the molecule is O=C1CCCCN1C1(C(=O)O)CCCCC1. The van der Waals surface area contributed by atoms with Gasteiger partial charge >= 0.3 is 5.97 Å². The van der Waals surface area contributed by atoms with Crippen LogP contribution < -0.4 is 0 Å². The third-order valence-electron chi connectivity index (χ3n) is 3.92. The summed E-state index contributed by atoms with van der Waals surface area (Å²) in [5.41, 5.74) is -0.879. The summed E-state index contributed by atoms with van der Waals surface area (Å²) in [6, 6.07) is 0. The number of amides is 1. The van der Waals surface area contributed by atoms with Crippen LogP contribution in [0.1, 0.15) is 51.4 Å². The van der Waals surface area contributed by atoms with Crippen molar-refractivity contribution in [2.45, 2.75) is 56.9 Å². The van der Waals surface area contributed by atoms with E-state index in [1.165, 1.54) is 0 Å². The van der Waals surface area contributed by atoms with Gasteiger partial charge in [0.15, 0.2) is 0 Å². The Kier molecular flexibility index (Phi) is 3.17. The molecule has 1 saturated heterocycles. The highest BCUT2D eigenvalue weighted by Crippen LogP contribution is 2.36. The minimum Gasteiger partial charge on any atom is -0.479 e. The fourth-order valence-corrected chi connectivity index (χ4v) is 2.99. The molecule has 1 aliphatic heterocycles. The van der Waals surface area contributed by atoms with Gasteiger partial charge in [-0.05, 0) is 25.7 Å². The molecule has 2 fully saturated rings. The summed E-state index contributed by atoms with van der Waals surface area (Å²) >= 11 is 0. The molecule has 0 radical (unpaired) electrons. The normalized spacial score (nSPS) is 25.5. The Hall–Kier alpha value is -1.06. The van der Waals surface area contributed by atoms with Gasteiger partial charge in [-0.1, -0.05) is 19.3 Å². The molecular formula is C12H19NO3. The lowest BCUT2D eigenvalue weighted by atomic mass is 9.79. The van der Waals surface area contributed by atoms with Gasteiger partial charge in [-0.25, -0.2) is 4.79 Å². The van der Waals surface area contributed by atoms with Crippen molar-refractivity contribution in [3.8, 4) is 0 Å². The van der Waals surface area contributed by atoms with Gasteiger partial charge in [0.2, 0.25) is 5.91 Å². The summed E-state index contributed by atoms with van der Waals surface area (Å²) in [7, 11) is 0. The van der Waals surface area contributed by atoms with Crippen LogP contribution in [0.5, 0.6) is 0 Å². The molecule has 0 bridgehead atoms. The summed E-state index contributed by atoms with van der Waals surface area (Å²) in [5.74, 6) is -0.766. The fraction of sp³-hybridized carbons (Fsp3) is 0.833. The van der Waals surface area contributed by atoms with Crippen molar-refractivity contribution in [3.63, 3.8) is 0 Å². The molecule has 1 heterocycles. The molecule has 0 atom stereocenters. The molecule has 2 rings (SSSR count). The minimum absolute atomic E-state index is 0.0375. The number of hydrogen-bond donors (Lipinski definition) is 1. The fourth-order valence-electron chi connectivity index (χ4n) is 2.99. The van der Waals surface area contributed by atoms with E-state index in [0.29, 0.717) is 25.8 Å². The van der Waals surface area contributed by atoms with E-state index < -0.39 is 11.5 Å². The Bertz CT molecular complexity index is 293. The molecule has 1 aliphatic carbocycles. The number of piperidine rings is 1. The van der Waals surface area contributed by atoms with E-state index in [2.05, 4.69) is 0 Å². The predicted octanol–water partition coefficient (Wildman–Crippen LogP) is 1.79. The van der Waals surface area contributed by atoms with Crippen molar-refractivity contribution < 1.29 is 14.7 Å². The summed E-state index contributed by atoms with van der Waals surface area (Å²) in [5, 5.41) is 9.46. The van der Waals surface area contributed by atoms with Crippen LogP contribution in [0.25, 0.3) is 0 Å². The molecule has 2 aliphatic rings. The monoisotopic (exact) mass is 225 g/mol. The standard InChI is InChI=1S/C12H19NO3/c14-10-6-2-5-9-13(10)12(11(15)16)7-3-1-4-8-12/h1-9H2,(H,15,16). The van der Waals surface area contributed by atoms with E-state index in [4.69, 9.17) is 0 Å². The first-order chi connectivity index (χ1) is 7.67. The number of likely N-dealkylation sites (tertiary alicyclic amines) is 1. The first-order valence-electron chi connectivity index (χ1n) is 6.21. The summed E-state index contributed by atoms with van der Waals surface area (Å²) < 4.78 is 0. The average molecular weight is 225 g/mol. The maximum atomic E-state index is 11.9. The third kappa shape index (κ3) is 1.81. The zero-order valence-electron chi connectivity index (χ0n) is 9.57. The summed E-state index contributed by atoms with van der Waals surface area (Å²) in [4.78, 5) is 25.0. The Morgan fingerprint density at radius 3 is 2.38 bits per heavy atom. The predicted molar refractivity (Wildman–Crippen MR) is 59.0 cm³/mol. The molecule has 0 aromatic carbocycles. The lowest BCUT2D eigenvalue weighted by molar-refractivity contribution is -0.163. The van der Waals surface area contributed by atoms with Crippen molar-refractivity contribution in [1.82, 2.24) is 4.90 Å². The number of carboxylic acids is 1. The van der Waals surface area contributed by atoms with Crippen molar-refractivity contribution in [1.29, 1.82) is 0 Å². The number of carboxylic acid groups (broad SMARTS) is 1. The smallest absolute Gasteiger partial charge is 0.329 e. The lowest BCUT2D eigenvalue weighted by Gasteiger charge is -2.44. The van der Waals surface area contributed by atoms with Gasteiger partial charge in [0.25, 0.3) is 0 Å². The Morgan fingerprint density at radius 2 is 1.81 bits per heavy atom. The van der Waals surface area contributed by atoms with Crippen molar-refractivity contribution in [2.24, 2.45) is 0 Å². The Balaban J connectivity index is 2.23. The number of nitrogens with zero attached hydrogens (tertiary/aromatic N) is 1. The Labute approximate surface area is 95.6 Å². The number of carbonyl (C=O) groups excluding carboxylic acids is 1. The van der Waals surface area contributed by atoms with E-state index in [1.807, 2.05) is 0 Å². The van der Waals surface area contributed by atoms with Gasteiger partial charge in [-0.3, -0.25) is 4.79 Å². The molecule has 90 valence electrons.